The zero-order chi connectivity index (χ0) is 15.6. The molecule has 0 bridgehead atoms. The predicted molar refractivity (Wildman–Crippen MR) is 103 cm³/mol. The first-order chi connectivity index (χ1) is 9.02. The molecule has 0 amide bonds. The smallest absolute Gasteiger partial charge is 0.192 e. The molecule has 20 heavy (non-hydrogen) atoms. The standard InChI is InChI=1S/C14H24IO2PSSi/c1-14(2,3)20(4,5)17-11-18(19,10-16)13-8-6-12(15)7-9-13/h6-9,16H,10-11H2,1-5H3. The molecule has 0 spiro atoms. The highest BCUT2D eigenvalue weighted by Gasteiger charge is 2.38. The summed E-state index contributed by atoms with van der Waals surface area (Å²) in [6, 6.07) is 6.11. The molecule has 0 aliphatic rings. The van der Waals surface area contributed by atoms with E-state index >= 15 is 0 Å². The van der Waals surface area contributed by atoms with Gasteiger partial charge in [0.2, 0.25) is 0 Å². The van der Waals surface area contributed by atoms with E-state index in [9.17, 15) is 5.11 Å². The van der Waals surface area contributed by atoms with Crippen molar-refractivity contribution < 1.29 is 9.53 Å². The summed E-state index contributed by atoms with van der Waals surface area (Å²) < 4.78 is 7.43. The van der Waals surface area contributed by atoms with Crippen molar-refractivity contribution in [2.75, 3.05) is 12.7 Å². The highest BCUT2D eigenvalue weighted by Crippen LogP contribution is 2.46. The maximum atomic E-state index is 9.79. The third-order valence-corrected chi connectivity index (χ3v) is 12.9. The average molecular weight is 442 g/mol. The molecule has 1 rings (SSSR count). The summed E-state index contributed by atoms with van der Waals surface area (Å²) in [6.07, 6.45) is 0.521. The van der Waals surface area contributed by atoms with Gasteiger partial charge in [0.25, 0.3) is 0 Å². The van der Waals surface area contributed by atoms with Crippen molar-refractivity contribution in [2.45, 2.75) is 38.9 Å². The second kappa shape index (κ2) is 6.88. The van der Waals surface area contributed by atoms with Gasteiger partial charge in [-0.25, -0.2) is 0 Å². The Hall–Kier alpha value is 0.737. The zero-order valence-electron chi connectivity index (χ0n) is 12.8. The molecular weight excluding hydrogens is 418 g/mol. The van der Waals surface area contributed by atoms with Gasteiger partial charge in [-0.15, -0.1) is 0 Å². The fraction of sp³-hybridized carbons (Fsp3) is 0.571. The van der Waals surface area contributed by atoms with E-state index < -0.39 is 14.4 Å². The van der Waals surface area contributed by atoms with Gasteiger partial charge >= 0.3 is 0 Å². The maximum absolute atomic E-state index is 9.79. The minimum Gasteiger partial charge on any atom is -0.412 e. The van der Waals surface area contributed by atoms with Crippen LogP contribution in [0.1, 0.15) is 20.8 Å². The monoisotopic (exact) mass is 442 g/mol. The van der Waals surface area contributed by atoms with E-state index in [-0.39, 0.29) is 11.4 Å². The molecule has 1 atom stereocenters. The lowest BCUT2D eigenvalue weighted by molar-refractivity contribution is 0.335. The van der Waals surface area contributed by atoms with E-state index in [1.807, 2.05) is 24.3 Å². The second-order valence-electron chi connectivity index (χ2n) is 6.54. The van der Waals surface area contributed by atoms with Gasteiger partial charge in [-0.1, -0.05) is 44.7 Å². The van der Waals surface area contributed by atoms with Crippen molar-refractivity contribution in [3.8, 4) is 0 Å². The van der Waals surface area contributed by atoms with Crippen molar-refractivity contribution in [2.24, 2.45) is 0 Å². The third-order valence-electron chi connectivity index (χ3n) is 3.97. The van der Waals surface area contributed by atoms with Crippen molar-refractivity contribution in [1.82, 2.24) is 0 Å². The maximum Gasteiger partial charge on any atom is 0.192 e. The Bertz CT molecular complexity index is 497. The fourth-order valence-electron chi connectivity index (χ4n) is 1.39. The highest BCUT2D eigenvalue weighted by atomic mass is 127. The fourth-order valence-corrected chi connectivity index (χ4v) is 6.24. The van der Waals surface area contributed by atoms with Gasteiger partial charge in [0.15, 0.2) is 8.32 Å². The van der Waals surface area contributed by atoms with E-state index in [4.69, 9.17) is 16.2 Å². The number of rotatable bonds is 5. The molecule has 0 heterocycles. The van der Waals surface area contributed by atoms with Crippen molar-refractivity contribution in [3.63, 3.8) is 0 Å². The van der Waals surface area contributed by atoms with Gasteiger partial charge in [-0.2, -0.15) is 0 Å². The third kappa shape index (κ3) is 4.62. The van der Waals surface area contributed by atoms with Crippen LogP contribution in [0.15, 0.2) is 24.3 Å². The molecule has 0 aliphatic carbocycles. The average Bonchev–Trinajstić information content (AvgIpc) is 2.35. The van der Waals surface area contributed by atoms with Crippen molar-refractivity contribution in [1.29, 1.82) is 0 Å². The highest BCUT2D eigenvalue weighted by molar-refractivity contribution is 14.1. The Labute approximate surface area is 142 Å². The second-order valence-corrected chi connectivity index (χ2v) is 17.5. The number of hydrogen-bond acceptors (Lipinski definition) is 3. The van der Waals surface area contributed by atoms with Gasteiger partial charge in [-0.3, -0.25) is 0 Å². The van der Waals surface area contributed by atoms with E-state index in [1.54, 1.807) is 0 Å². The van der Waals surface area contributed by atoms with Crippen LogP contribution in [0.4, 0.5) is 0 Å². The topological polar surface area (TPSA) is 29.5 Å². The Balaban J connectivity index is 2.92. The van der Waals surface area contributed by atoms with Gasteiger partial charge in [0, 0.05) is 9.61 Å². The lowest BCUT2D eigenvalue weighted by atomic mass is 10.2. The molecule has 2 nitrogen and oxygen atoms in total. The minimum absolute atomic E-state index is 0.0253. The summed E-state index contributed by atoms with van der Waals surface area (Å²) in [4.78, 5) is 0. The van der Waals surface area contributed by atoms with Gasteiger partial charge < -0.3 is 9.53 Å². The first-order valence-corrected chi connectivity index (χ1v) is 13.8. The van der Waals surface area contributed by atoms with Crippen LogP contribution in [0, 0.1) is 3.57 Å². The molecule has 1 aromatic carbocycles. The van der Waals surface area contributed by atoms with Crippen LogP contribution in [0.25, 0.3) is 0 Å². The van der Waals surface area contributed by atoms with Crippen LogP contribution in [0.3, 0.4) is 0 Å². The lowest BCUT2D eigenvalue weighted by Gasteiger charge is -2.37. The van der Waals surface area contributed by atoms with Crippen LogP contribution in [-0.4, -0.2) is 26.1 Å². The lowest BCUT2D eigenvalue weighted by Crippen LogP contribution is -2.41. The Morgan fingerprint density at radius 1 is 1.25 bits per heavy atom. The molecule has 0 saturated heterocycles. The quantitative estimate of drug-likeness (QED) is 0.419. The van der Waals surface area contributed by atoms with E-state index in [1.165, 1.54) is 3.57 Å². The van der Waals surface area contributed by atoms with Crippen LogP contribution in [-0.2, 0) is 16.2 Å². The predicted octanol–water partition coefficient (Wildman–Crippen LogP) is 4.33. The summed E-state index contributed by atoms with van der Waals surface area (Å²) in [5.74, 6) is 0. The van der Waals surface area contributed by atoms with Crippen LogP contribution in [0.2, 0.25) is 18.1 Å². The molecule has 1 N–H and O–H groups in total. The zero-order valence-corrected chi connectivity index (χ0v) is 17.7. The molecule has 114 valence electrons. The number of aliphatic hydroxyl groups excluding tert-OH is 1. The van der Waals surface area contributed by atoms with Crippen LogP contribution in [0.5, 0.6) is 0 Å². The van der Waals surface area contributed by atoms with Crippen molar-refractivity contribution in [3.05, 3.63) is 27.8 Å². The molecular formula is C14H24IO2PSSi. The summed E-state index contributed by atoms with van der Waals surface area (Å²) in [5, 5.41) is 11.0. The van der Waals surface area contributed by atoms with E-state index in [0.29, 0.717) is 6.35 Å². The molecule has 0 fully saturated rings. The number of halogens is 1. The summed E-state index contributed by atoms with van der Waals surface area (Å²) in [5.41, 5.74) is 0. The SMILES string of the molecule is CC(C)(C)[Si](C)(C)OCP(=S)(CO)c1ccc(I)cc1. The first kappa shape index (κ1) is 18.8. The summed E-state index contributed by atoms with van der Waals surface area (Å²) in [7, 11) is -1.83. The largest absolute Gasteiger partial charge is 0.412 e. The van der Waals surface area contributed by atoms with Gasteiger partial charge in [0.05, 0.1) is 12.7 Å². The van der Waals surface area contributed by atoms with E-state index in [2.05, 4.69) is 56.5 Å². The van der Waals surface area contributed by atoms with E-state index in [0.717, 1.165) is 5.30 Å². The molecule has 1 unspecified atom stereocenters. The van der Waals surface area contributed by atoms with Crippen molar-refractivity contribution >= 4 is 54.1 Å². The first-order valence-electron chi connectivity index (χ1n) is 6.61. The van der Waals surface area contributed by atoms with Gasteiger partial charge in [-0.05, 0) is 58.2 Å². The van der Waals surface area contributed by atoms with Crippen LogP contribution >= 0.6 is 28.6 Å². The Kier molecular flexibility index (Phi) is 6.46. The number of hydrogen-bond donors (Lipinski definition) is 1. The molecule has 1 aromatic rings. The molecule has 0 aliphatic heterocycles. The Morgan fingerprint density at radius 2 is 1.75 bits per heavy atom. The molecule has 0 aromatic heterocycles. The summed E-state index contributed by atoms with van der Waals surface area (Å²) in [6.45, 7) is 11.1. The van der Waals surface area contributed by atoms with Gasteiger partial charge in [0.1, 0.15) is 0 Å². The molecule has 6 heteroatoms. The van der Waals surface area contributed by atoms with Crippen LogP contribution < -0.4 is 5.30 Å². The molecule has 0 radical (unpaired) electrons. The summed E-state index contributed by atoms with van der Waals surface area (Å²) >= 11 is 8.03. The normalized spacial score (nSPS) is 15.9. The minimum atomic E-state index is -2.04. The number of aliphatic hydroxyl groups is 1. The number of benzene rings is 1. The molecule has 0 saturated carbocycles. The Morgan fingerprint density at radius 3 is 2.15 bits per heavy atom.